The topological polar surface area (TPSA) is 79.8 Å². The van der Waals surface area contributed by atoms with Gasteiger partial charge in [0.15, 0.2) is 0 Å². The summed E-state index contributed by atoms with van der Waals surface area (Å²) in [6.07, 6.45) is 0.202. The molecule has 2 unspecified atom stereocenters. The lowest BCUT2D eigenvalue weighted by molar-refractivity contribution is 0.0506. The van der Waals surface area contributed by atoms with Crippen molar-refractivity contribution < 1.29 is 19.4 Å². The summed E-state index contributed by atoms with van der Waals surface area (Å²) in [5.74, 6) is 0.836. The van der Waals surface area contributed by atoms with E-state index in [0.29, 0.717) is 6.54 Å². The third kappa shape index (κ3) is 5.32. The Morgan fingerprint density at radius 1 is 1.48 bits per heavy atom. The predicted molar refractivity (Wildman–Crippen MR) is 89.0 cm³/mol. The molecular weight excluding hydrogens is 296 g/mol. The second kappa shape index (κ2) is 7.08. The van der Waals surface area contributed by atoms with E-state index in [2.05, 4.69) is 10.6 Å². The van der Waals surface area contributed by atoms with E-state index in [1.807, 2.05) is 45.9 Å². The number of benzene rings is 1. The van der Waals surface area contributed by atoms with Crippen LogP contribution in [0.2, 0.25) is 0 Å². The monoisotopic (exact) mass is 322 g/mol. The molecular formula is C17H26N2O4. The van der Waals surface area contributed by atoms with Crippen LogP contribution in [0, 0.1) is 0 Å². The summed E-state index contributed by atoms with van der Waals surface area (Å²) in [4.78, 5) is 11.7. The minimum Gasteiger partial charge on any atom is -0.488 e. The summed E-state index contributed by atoms with van der Waals surface area (Å²) in [6.45, 7) is 7.88. The maximum atomic E-state index is 11.7. The highest BCUT2D eigenvalue weighted by atomic mass is 16.6. The van der Waals surface area contributed by atoms with E-state index in [9.17, 15) is 4.79 Å². The number of fused-ring (bicyclic) bond motifs is 1. The maximum Gasteiger partial charge on any atom is 0.407 e. The predicted octanol–water partition coefficient (Wildman–Crippen LogP) is 2.31. The number of aliphatic hydroxyl groups is 1. The number of carbonyl (C=O) groups is 1. The number of ether oxygens (including phenoxy) is 2. The molecule has 1 amide bonds. The average molecular weight is 322 g/mol. The fourth-order valence-corrected chi connectivity index (χ4v) is 2.37. The molecule has 3 N–H and O–H groups in total. The lowest BCUT2D eigenvalue weighted by Crippen LogP contribution is -2.38. The number of nitrogens with one attached hydrogen (secondary N) is 2. The molecule has 2 rings (SSSR count). The average Bonchev–Trinajstić information content (AvgIpc) is 2.85. The standard InChI is InChI=1S/C17H26N2O4/c1-11(10-20)19-13-5-6-15-12(7-13)8-14(22-15)9-18-16(21)23-17(2,3)4/h5-7,11,14,19-20H,8-10H2,1-4H3,(H,18,21). The molecule has 1 aromatic carbocycles. The molecule has 6 heteroatoms. The van der Waals surface area contributed by atoms with Crippen LogP contribution in [0.15, 0.2) is 18.2 Å². The van der Waals surface area contributed by atoms with E-state index in [0.717, 1.165) is 23.4 Å². The van der Waals surface area contributed by atoms with Crippen molar-refractivity contribution in [2.45, 2.75) is 51.9 Å². The van der Waals surface area contributed by atoms with Gasteiger partial charge in [-0.15, -0.1) is 0 Å². The van der Waals surface area contributed by atoms with Gasteiger partial charge in [0.05, 0.1) is 13.2 Å². The molecule has 6 nitrogen and oxygen atoms in total. The lowest BCUT2D eigenvalue weighted by atomic mass is 10.1. The van der Waals surface area contributed by atoms with Crippen LogP contribution in [0.5, 0.6) is 5.75 Å². The number of carbonyl (C=O) groups excluding carboxylic acids is 1. The number of rotatable bonds is 5. The molecule has 0 saturated heterocycles. The smallest absolute Gasteiger partial charge is 0.407 e. The van der Waals surface area contributed by atoms with Crippen LogP contribution < -0.4 is 15.4 Å². The number of hydrogen-bond acceptors (Lipinski definition) is 5. The highest BCUT2D eigenvalue weighted by molar-refractivity contribution is 5.67. The van der Waals surface area contributed by atoms with Gasteiger partial charge >= 0.3 is 6.09 Å². The van der Waals surface area contributed by atoms with Crippen LogP contribution in [0.1, 0.15) is 33.3 Å². The van der Waals surface area contributed by atoms with Gasteiger partial charge in [-0.1, -0.05) is 0 Å². The Hall–Kier alpha value is -1.95. The van der Waals surface area contributed by atoms with E-state index in [1.165, 1.54) is 0 Å². The molecule has 23 heavy (non-hydrogen) atoms. The van der Waals surface area contributed by atoms with Gasteiger partial charge in [-0.05, 0) is 51.5 Å². The van der Waals surface area contributed by atoms with Crippen LogP contribution in [0.3, 0.4) is 0 Å². The van der Waals surface area contributed by atoms with Gasteiger partial charge in [0, 0.05) is 18.2 Å². The third-order valence-corrected chi connectivity index (χ3v) is 3.36. The first-order valence-electron chi connectivity index (χ1n) is 7.90. The van der Waals surface area contributed by atoms with E-state index < -0.39 is 11.7 Å². The Morgan fingerprint density at radius 3 is 2.87 bits per heavy atom. The Labute approximate surface area is 137 Å². The summed E-state index contributed by atoms with van der Waals surface area (Å²) in [6, 6.07) is 5.86. The molecule has 0 spiro atoms. The van der Waals surface area contributed by atoms with Crippen molar-refractivity contribution in [3.05, 3.63) is 23.8 Å². The minimum atomic E-state index is -0.506. The van der Waals surface area contributed by atoms with Crippen LogP contribution in [0.4, 0.5) is 10.5 Å². The molecule has 0 saturated carbocycles. The first-order chi connectivity index (χ1) is 10.8. The van der Waals surface area contributed by atoms with Crippen molar-refractivity contribution in [2.24, 2.45) is 0 Å². The molecule has 1 heterocycles. The van der Waals surface area contributed by atoms with E-state index in [4.69, 9.17) is 14.6 Å². The third-order valence-electron chi connectivity index (χ3n) is 3.36. The molecule has 0 fully saturated rings. The van der Waals surface area contributed by atoms with Gasteiger partial charge < -0.3 is 25.2 Å². The first kappa shape index (κ1) is 17.4. The summed E-state index contributed by atoms with van der Waals surface area (Å²) in [7, 11) is 0. The second-order valence-corrected chi connectivity index (χ2v) is 6.88. The largest absolute Gasteiger partial charge is 0.488 e. The van der Waals surface area contributed by atoms with Gasteiger partial charge in [0.1, 0.15) is 17.5 Å². The van der Waals surface area contributed by atoms with Crippen LogP contribution >= 0.6 is 0 Å². The van der Waals surface area contributed by atoms with Crippen molar-refractivity contribution >= 4 is 11.8 Å². The molecule has 0 aromatic heterocycles. The molecule has 0 aliphatic carbocycles. The lowest BCUT2D eigenvalue weighted by Gasteiger charge is -2.20. The van der Waals surface area contributed by atoms with Crippen LogP contribution in [-0.2, 0) is 11.2 Å². The highest BCUT2D eigenvalue weighted by Crippen LogP contribution is 2.31. The van der Waals surface area contributed by atoms with Crippen molar-refractivity contribution in [2.75, 3.05) is 18.5 Å². The number of aliphatic hydroxyl groups excluding tert-OH is 1. The van der Waals surface area contributed by atoms with Crippen molar-refractivity contribution in [1.29, 1.82) is 0 Å². The first-order valence-corrected chi connectivity index (χ1v) is 7.90. The zero-order chi connectivity index (χ0) is 17.0. The van der Waals surface area contributed by atoms with Crippen molar-refractivity contribution in [1.82, 2.24) is 5.32 Å². The molecule has 1 aliphatic heterocycles. The molecule has 2 atom stereocenters. The minimum absolute atomic E-state index is 0.00000317. The molecule has 0 radical (unpaired) electrons. The zero-order valence-electron chi connectivity index (χ0n) is 14.2. The fourth-order valence-electron chi connectivity index (χ4n) is 2.37. The molecule has 128 valence electrons. The Balaban J connectivity index is 1.86. The van der Waals surface area contributed by atoms with E-state index in [1.54, 1.807) is 0 Å². The SMILES string of the molecule is CC(CO)Nc1ccc2c(c1)CC(CNC(=O)OC(C)(C)C)O2. The van der Waals surface area contributed by atoms with Crippen LogP contribution in [-0.4, -0.2) is 42.1 Å². The molecule has 1 aliphatic rings. The van der Waals surface area contributed by atoms with Crippen molar-refractivity contribution in [3.63, 3.8) is 0 Å². The Kier molecular flexibility index (Phi) is 5.36. The van der Waals surface area contributed by atoms with Gasteiger partial charge in [-0.3, -0.25) is 0 Å². The van der Waals surface area contributed by atoms with Crippen LogP contribution in [0.25, 0.3) is 0 Å². The van der Waals surface area contributed by atoms with E-state index in [-0.39, 0.29) is 18.8 Å². The summed E-state index contributed by atoms with van der Waals surface area (Å²) < 4.78 is 11.0. The van der Waals surface area contributed by atoms with Crippen molar-refractivity contribution in [3.8, 4) is 5.75 Å². The number of anilines is 1. The summed E-state index contributed by atoms with van der Waals surface area (Å²) in [5, 5.41) is 15.0. The second-order valence-electron chi connectivity index (χ2n) is 6.88. The summed E-state index contributed by atoms with van der Waals surface area (Å²) in [5.41, 5.74) is 1.54. The number of amides is 1. The number of alkyl carbamates (subject to hydrolysis) is 1. The molecule has 1 aromatic rings. The van der Waals surface area contributed by atoms with E-state index >= 15 is 0 Å². The quantitative estimate of drug-likeness (QED) is 0.775. The van der Waals surface area contributed by atoms with Gasteiger partial charge in [0.2, 0.25) is 0 Å². The normalized spacial score (nSPS) is 17.9. The maximum absolute atomic E-state index is 11.7. The Bertz CT molecular complexity index is 554. The Morgan fingerprint density at radius 2 is 2.22 bits per heavy atom. The van der Waals surface area contributed by atoms with Gasteiger partial charge in [-0.25, -0.2) is 4.79 Å². The molecule has 0 bridgehead atoms. The van der Waals surface area contributed by atoms with Gasteiger partial charge in [-0.2, -0.15) is 0 Å². The number of hydrogen-bond donors (Lipinski definition) is 3. The zero-order valence-corrected chi connectivity index (χ0v) is 14.2. The van der Waals surface area contributed by atoms with Gasteiger partial charge in [0.25, 0.3) is 0 Å². The summed E-state index contributed by atoms with van der Waals surface area (Å²) >= 11 is 0. The highest BCUT2D eigenvalue weighted by Gasteiger charge is 2.24. The fraction of sp³-hybridized carbons (Fsp3) is 0.588.